The number of aromatic nitrogens is 1. The van der Waals surface area contributed by atoms with Gasteiger partial charge in [0.05, 0.1) is 37.2 Å². The number of anilines is 4. The van der Waals surface area contributed by atoms with Crippen LogP contribution in [0.2, 0.25) is 0 Å². The van der Waals surface area contributed by atoms with Crippen molar-refractivity contribution in [1.29, 1.82) is 0 Å². The van der Waals surface area contributed by atoms with Crippen LogP contribution >= 0.6 is 0 Å². The number of hydrogen-bond donors (Lipinski definition) is 1. The van der Waals surface area contributed by atoms with Gasteiger partial charge in [0, 0.05) is 43.6 Å². The van der Waals surface area contributed by atoms with Crippen LogP contribution in [0.25, 0.3) is 0 Å². The third kappa shape index (κ3) is 5.02. The Morgan fingerprint density at radius 1 is 1.14 bits per heavy atom. The Balaban J connectivity index is 1.42. The highest BCUT2D eigenvalue weighted by atomic mass is 16.5. The molecule has 7 heteroatoms. The van der Waals surface area contributed by atoms with Crippen LogP contribution in [-0.4, -0.2) is 50.4 Å². The van der Waals surface area contributed by atoms with Gasteiger partial charge in [-0.2, -0.15) is 0 Å². The normalized spacial score (nSPS) is 23.2. The Morgan fingerprint density at radius 3 is 2.63 bits per heavy atom. The first-order valence-electron chi connectivity index (χ1n) is 13.1. The van der Waals surface area contributed by atoms with Crippen molar-refractivity contribution in [3.63, 3.8) is 0 Å². The molecule has 1 aliphatic carbocycles. The smallest absolute Gasteiger partial charge is 0.230 e. The number of benzene rings is 1. The first-order valence-corrected chi connectivity index (χ1v) is 13.1. The number of carbonyl (C=O) groups excluding carboxylic acids is 1. The van der Waals surface area contributed by atoms with Gasteiger partial charge in [0.1, 0.15) is 5.82 Å². The van der Waals surface area contributed by atoms with E-state index < -0.39 is 0 Å². The number of methoxy groups -OCH3 is 1. The maximum absolute atomic E-state index is 14.1. The van der Waals surface area contributed by atoms with E-state index in [2.05, 4.69) is 53.3 Å². The van der Waals surface area contributed by atoms with Crippen molar-refractivity contribution in [1.82, 2.24) is 4.98 Å². The van der Waals surface area contributed by atoms with Crippen LogP contribution in [0, 0.1) is 17.8 Å². The highest BCUT2D eigenvalue weighted by Crippen LogP contribution is 2.41. The highest BCUT2D eigenvalue weighted by Gasteiger charge is 2.36. The summed E-state index contributed by atoms with van der Waals surface area (Å²) in [5.74, 6) is 2.10. The molecule has 0 spiro atoms. The number of nitrogens with zero attached hydrogens (tertiary/aromatic N) is 3. The summed E-state index contributed by atoms with van der Waals surface area (Å²) in [5.41, 5.74) is 4.05. The lowest BCUT2D eigenvalue weighted by molar-refractivity contribution is -0.124. The van der Waals surface area contributed by atoms with E-state index in [1.165, 1.54) is 0 Å². The summed E-state index contributed by atoms with van der Waals surface area (Å²) in [4.78, 5) is 23.0. The molecule has 1 saturated carbocycles. The van der Waals surface area contributed by atoms with E-state index in [1.807, 2.05) is 18.1 Å². The van der Waals surface area contributed by atoms with E-state index in [1.54, 1.807) is 6.20 Å². The minimum atomic E-state index is 0.0361. The lowest BCUT2D eigenvalue weighted by atomic mass is 9.76. The van der Waals surface area contributed by atoms with Crippen molar-refractivity contribution in [3.8, 4) is 0 Å². The molecule has 3 aliphatic rings. The topological polar surface area (TPSA) is 66.9 Å². The number of morpholine rings is 1. The molecule has 0 bridgehead atoms. The van der Waals surface area contributed by atoms with Gasteiger partial charge in [-0.25, -0.2) is 4.98 Å². The minimum Gasteiger partial charge on any atom is -0.381 e. The fourth-order valence-electron chi connectivity index (χ4n) is 6.05. The van der Waals surface area contributed by atoms with Crippen LogP contribution in [0.4, 0.5) is 22.9 Å². The Hall–Kier alpha value is -2.64. The summed E-state index contributed by atoms with van der Waals surface area (Å²) in [6.45, 7) is 8.17. The molecule has 1 aromatic carbocycles. The summed E-state index contributed by atoms with van der Waals surface area (Å²) in [5, 5.41) is 3.50. The second kappa shape index (κ2) is 10.5. The quantitative estimate of drug-likeness (QED) is 0.653. The van der Waals surface area contributed by atoms with Crippen molar-refractivity contribution < 1.29 is 14.3 Å². The van der Waals surface area contributed by atoms with Crippen molar-refractivity contribution in [2.75, 3.05) is 48.5 Å². The molecular weight excluding hydrogens is 440 g/mol. The van der Waals surface area contributed by atoms with E-state index >= 15 is 0 Å². The number of amides is 1. The molecule has 1 atom stereocenters. The average Bonchev–Trinajstić information content (AvgIpc) is 3.06. The maximum Gasteiger partial charge on any atom is 0.230 e. The van der Waals surface area contributed by atoms with E-state index in [-0.39, 0.29) is 17.9 Å². The summed E-state index contributed by atoms with van der Waals surface area (Å²) < 4.78 is 11.4. The summed E-state index contributed by atoms with van der Waals surface area (Å²) in [6, 6.07) is 10.4. The van der Waals surface area contributed by atoms with Crippen LogP contribution in [0.1, 0.15) is 45.1 Å². The first-order chi connectivity index (χ1) is 17.0. The number of rotatable bonds is 5. The van der Waals surface area contributed by atoms with E-state index in [4.69, 9.17) is 9.47 Å². The molecule has 5 rings (SSSR count). The molecule has 7 nitrogen and oxygen atoms in total. The van der Waals surface area contributed by atoms with Gasteiger partial charge in [0.15, 0.2) is 0 Å². The van der Waals surface area contributed by atoms with Gasteiger partial charge in [0.2, 0.25) is 5.91 Å². The molecular formula is C28H38N4O3. The fraction of sp³-hybridized carbons (Fsp3) is 0.571. The Morgan fingerprint density at radius 2 is 1.91 bits per heavy atom. The first kappa shape index (κ1) is 24.1. The number of pyridine rings is 1. The van der Waals surface area contributed by atoms with Crippen LogP contribution in [0.15, 0.2) is 36.5 Å². The largest absolute Gasteiger partial charge is 0.381 e. The third-order valence-electron chi connectivity index (χ3n) is 7.90. The SMILES string of the molecule is CO[C@H](C(C)C)C1CCC(C(=O)N2Cc3cccnc3Nc3ccc(N4CCOCC4)cc32)CC1. The zero-order chi connectivity index (χ0) is 24.4. The maximum atomic E-state index is 14.1. The van der Waals surface area contributed by atoms with Gasteiger partial charge in [-0.15, -0.1) is 0 Å². The number of fused-ring (bicyclic) bond motifs is 2. The average molecular weight is 479 g/mol. The molecule has 2 fully saturated rings. The third-order valence-corrected chi connectivity index (χ3v) is 7.90. The standard InChI is InChI=1S/C28H38N4O3/c1-19(2)26(34-3)20-6-8-21(9-7-20)28(33)32-18-22-5-4-12-29-27(22)30-24-11-10-23(17-25(24)32)31-13-15-35-16-14-31/h4-5,10-12,17,19-21,26H,6-9,13-16,18H2,1-3H3,(H,29,30)/t20?,21?,26-/m1/s1. The van der Waals surface area contributed by atoms with Crippen LogP contribution in [0.3, 0.4) is 0 Å². The zero-order valence-corrected chi connectivity index (χ0v) is 21.2. The molecule has 2 aromatic rings. The lowest BCUT2D eigenvalue weighted by Crippen LogP contribution is -2.40. The number of carbonyl (C=O) groups is 1. The summed E-state index contributed by atoms with van der Waals surface area (Å²) in [6.07, 6.45) is 5.98. The number of ether oxygens (including phenoxy) is 2. The van der Waals surface area contributed by atoms with Gasteiger partial charge >= 0.3 is 0 Å². The van der Waals surface area contributed by atoms with Gasteiger partial charge in [-0.1, -0.05) is 19.9 Å². The van der Waals surface area contributed by atoms with Gasteiger partial charge in [0.25, 0.3) is 0 Å². The molecule has 0 unspecified atom stereocenters. The second-order valence-corrected chi connectivity index (χ2v) is 10.4. The van der Waals surface area contributed by atoms with Gasteiger partial charge < -0.3 is 24.6 Å². The predicted octanol–water partition coefficient (Wildman–Crippen LogP) is 4.99. The molecule has 1 aromatic heterocycles. The Kier molecular flexibility index (Phi) is 7.25. The summed E-state index contributed by atoms with van der Waals surface area (Å²) in [7, 11) is 1.82. The highest BCUT2D eigenvalue weighted by molar-refractivity contribution is 6.00. The molecule has 35 heavy (non-hydrogen) atoms. The van der Waals surface area contributed by atoms with E-state index in [0.29, 0.717) is 18.4 Å². The Bertz CT molecular complexity index is 1030. The molecule has 1 amide bonds. The zero-order valence-electron chi connectivity index (χ0n) is 21.2. The Labute approximate surface area is 208 Å². The summed E-state index contributed by atoms with van der Waals surface area (Å²) >= 11 is 0. The molecule has 188 valence electrons. The number of hydrogen-bond acceptors (Lipinski definition) is 6. The lowest BCUT2D eigenvalue weighted by Gasteiger charge is -2.36. The van der Waals surface area contributed by atoms with Crippen molar-refractivity contribution >= 4 is 28.8 Å². The molecule has 1 saturated heterocycles. The second-order valence-electron chi connectivity index (χ2n) is 10.4. The van der Waals surface area contributed by atoms with Crippen molar-refractivity contribution in [3.05, 3.63) is 42.1 Å². The van der Waals surface area contributed by atoms with Crippen LogP contribution < -0.4 is 15.1 Å². The van der Waals surface area contributed by atoms with Crippen molar-refractivity contribution in [2.45, 2.75) is 52.2 Å². The predicted molar refractivity (Wildman–Crippen MR) is 139 cm³/mol. The van der Waals surface area contributed by atoms with Crippen LogP contribution in [-0.2, 0) is 20.8 Å². The van der Waals surface area contributed by atoms with Crippen molar-refractivity contribution in [2.24, 2.45) is 17.8 Å². The van der Waals surface area contributed by atoms with Gasteiger partial charge in [-0.05, 0) is 61.8 Å². The fourth-order valence-corrected chi connectivity index (χ4v) is 6.05. The number of nitrogens with one attached hydrogen (secondary N) is 1. The van der Waals surface area contributed by atoms with Crippen LogP contribution in [0.5, 0.6) is 0 Å². The molecule has 1 N–H and O–H groups in total. The minimum absolute atomic E-state index is 0.0361. The van der Waals surface area contributed by atoms with E-state index in [0.717, 1.165) is 80.4 Å². The molecule has 2 aliphatic heterocycles. The monoisotopic (exact) mass is 478 g/mol. The van der Waals surface area contributed by atoms with Gasteiger partial charge in [-0.3, -0.25) is 4.79 Å². The molecule has 0 radical (unpaired) electrons. The van der Waals surface area contributed by atoms with E-state index in [9.17, 15) is 4.79 Å². The molecule has 3 heterocycles.